The molecule has 31 heavy (non-hydrogen) atoms. The van der Waals surface area contributed by atoms with E-state index in [1.165, 1.54) is 0 Å². The molecule has 0 bridgehead atoms. The second kappa shape index (κ2) is 8.12. The van der Waals surface area contributed by atoms with Gasteiger partial charge in [0.15, 0.2) is 5.69 Å². The van der Waals surface area contributed by atoms with Crippen molar-refractivity contribution in [3.05, 3.63) is 47.3 Å². The second-order valence-electron chi connectivity index (χ2n) is 7.44. The monoisotopic (exact) mass is 424 g/mol. The number of benzene rings is 1. The van der Waals surface area contributed by atoms with Crippen LogP contribution in [0.25, 0.3) is 11.4 Å². The summed E-state index contributed by atoms with van der Waals surface area (Å²) < 4.78 is 19.9. The van der Waals surface area contributed by atoms with Gasteiger partial charge in [-0.1, -0.05) is 5.21 Å². The molecule has 10 nitrogen and oxygen atoms in total. The Labute approximate surface area is 179 Å². The minimum Gasteiger partial charge on any atom is -0.497 e. The first-order valence-corrected chi connectivity index (χ1v) is 10.3. The number of carbonyl (C=O) groups excluding carboxylic acids is 1. The molecule has 3 aromatic rings. The van der Waals surface area contributed by atoms with Gasteiger partial charge in [0, 0.05) is 32.1 Å². The third-order valence-corrected chi connectivity index (χ3v) is 5.66. The Kier molecular flexibility index (Phi) is 5.16. The second-order valence-corrected chi connectivity index (χ2v) is 7.44. The van der Waals surface area contributed by atoms with Crippen LogP contribution in [0.4, 0.5) is 0 Å². The zero-order valence-corrected chi connectivity index (χ0v) is 17.6. The number of hydrogen-bond donors (Lipinski definition) is 0. The maximum atomic E-state index is 12.6. The van der Waals surface area contributed by atoms with Gasteiger partial charge in [-0.25, -0.2) is 14.5 Å². The van der Waals surface area contributed by atoms with Crippen LogP contribution in [0.2, 0.25) is 0 Å². The lowest BCUT2D eigenvalue weighted by atomic mass is 10.1. The fraction of sp³-hybridized carbons (Fsp3) is 0.429. The lowest BCUT2D eigenvalue weighted by Gasteiger charge is -2.25. The molecule has 0 unspecified atom stereocenters. The molecule has 0 aliphatic carbocycles. The standard InChI is InChI=1S/C21H24N6O4/c1-3-31-21(28)20-19-11-17-15(12-25-6-8-30-9-7-25)23-24-27(17)18-10-14(29-2)4-5-16(18)26(19)13-22-20/h4-5,10,13H,3,6-9,11-12H2,1-2H3. The summed E-state index contributed by atoms with van der Waals surface area (Å²) in [5.74, 6) is 0.283. The molecule has 5 rings (SSSR count). The van der Waals surface area contributed by atoms with Crippen molar-refractivity contribution in [2.45, 2.75) is 19.9 Å². The largest absolute Gasteiger partial charge is 0.497 e. The Hall–Kier alpha value is -3.24. The van der Waals surface area contributed by atoms with Crippen molar-refractivity contribution in [1.29, 1.82) is 0 Å². The highest BCUT2D eigenvalue weighted by Gasteiger charge is 2.29. The number of esters is 1. The van der Waals surface area contributed by atoms with E-state index in [2.05, 4.69) is 20.2 Å². The average molecular weight is 424 g/mol. The summed E-state index contributed by atoms with van der Waals surface area (Å²) in [6.45, 7) is 5.87. The molecule has 2 aliphatic rings. The zero-order chi connectivity index (χ0) is 21.4. The third kappa shape index (κ3) is 3.47. The van der Waals surface area contributed by atoms with Crippen LogP contribution >= 0.6 is 0 Å². The van der Waals surface area contributed by atoms with E-state index < -0.39 is 5.97 Å². The maximum absolute atomic E-state index is 12.6. The van der Waals surface area contributed by atoms with Gasteiger partial charge in [0.05, 0.1) is 49.7 Å². The Morgan fingerprint density at radius 1 is 1.19 bits per heavy atom. The van der Waals surface area contributed by atoms with Crippen molar-refractivity contribution in [1.82, 2.24) is 29.4 Å². The van der Waals surface area contributed by atoms with Crippen LogP contribution in [0.1, 0.15) is 34.5 Å². The third-order valence-electron chi connectivity index (χ3n) is 5.66. The number of hydrogen-bond acceptors (Lipinski definition) is 8. The first-order valence-electron chi connectivity index (χ1n) is 10.3. The predicted molar refractivity (Wildman–Crippen MR) is 110 cm³/mol. The van der Waals surface area contributed by atoms with Gasteiger partial charge in [-0.15, -0.1) is 5.10 Å². The number of nitrogens with zero attached hydrogens (tertiary/aromatic N) is 6. The first kappa shape index (κ1) is 19.7. The van der Waals surface area contributed by atoms with Crippen molar-refractivity contribution in [3.8, 4) is 17.1 Å². The Bertz CT molecular complexity index is 1120. The molecule has 2 aromatic heterocycles. The molecule has 0 saturated carbocycles. The molecule has 4 heterocycles. The number of ether oxygens (including phenoxy) is 3. The summed E-state index contributed by atoms with van der Waals surface area (Å²) >= 11 is 0. The quantitative estimate of drug-likeness (QED) is 0.443. The van der Waals surface area contributed by atoms with Crippen molar-refractivity contribution in [2.24, 2.45) is 0 Å². The molecule has 2 aliphatic heterocycles. The Morgan fingerprint density at radius 3 is 2.81 bits per heavy atom. The van der Waals surface area contributed by atoms with E-state index in [4.69, 9.17) is 14.2 Å². The van der Waals surface area contributed by atoms with E-state index >= 15 is 0 Å². The number of aromatic nitrogens is 5. The van der Waals surface area contributed by atoms with Crippen LogP contribution in [-0.2, 0) is 22.4 Å². The fourth-order valence-corrected chi connectivity index (χ4v) is 4.08. The highest BCUT2D eigenvalue weighted by Crippen LogP contribution is 2.32. The van der Waals surface area contributed by atoms with Gasteiger partial charge < -0.3 is 14.2 Å². The van der Waals surface area contributed by atoms with Crippen molar-refractivity contribution >= 4 is 5.97 Å². The molecule has 162 valence electrons. The first-order chi connectivity index (χ1) is 15.2. The summed E-state index contributed by atoms with van der Waals surface area (Å²) in [7, 11) is 1.63. The molecule has 0 N–H and O–H groups in total. The number of fused-ring (bicyclic) bond motifs is 5. The van der Waals surface area contributed by atoms with Gasteiger partial charge in [-0.3, -0.25) is 9.47 Å². The van der Waals surface area contributed by atoms with Gasteiger partial charge in [0.1, 0.15) is 17.8 Å². The van der Waals surface area contributed by atoms with Crippen molar-refractivity contribution in [3.63, 3.8) is 0 Å². The minimum atomic E-state index is -0.429. The van der Waals surface area contributed by atoms with Gasteiger partial charge in [-0.05, 0) is 19.1 Å². The maximum Gasteiger partial charge on any atom is 0.358 e. The van der Waals surface area contributed by atoms with E-state index in [0.29, 0.717) is 44.2 Å². The minimum absolute atomic E-state index is 0.292. The van der Waals surface area contributed by atoms with E-state index in [0.717, 1.165) is 41.5 Å². The van der Waals surface area contributed by atoms with Gasteiger partial charge in [-0.2, -0.15) is 0 Å². The number of rotatable bonds is 5. The van der Waals surface area contributed by atoms with E-state index in [1.807, 2.05) is 27.4 Å². The number of carbonyl (C=O) groups is 1. The SMILES string of the molecule is CCOC(=O)c1ncn2c1Cc1c(CN3CCOCC3)nnn1-c1cc(OC)ccc1-2. The summed E-state index contributed by atoms with van der Waals surface area (Å²) in [4.78, 5) is 19.3. The van der Waals surface area contributed by atoms with Gasteiger partial charge in [0.2, 0.25) is 0 Å². The zero-order valence-electron chi connectivity index (χ0n) is 17.6. The fourth-order valence-electron chi connectivity index (χ4n) is 4.08. The van der Waals surface area contributed by atoms with E-state index in [-0.39, 0.29) is 0 Å². The molecular formula is C21H24N6O4. The van der Waals surface area contributed by atoms with E-state index in [1.54, 1.807) is 20.4 Å². The lowest BCUT2D eigenvalue weighted by molar-refractivity contribution is 0.0335. The molecule has 0 amide bonds. The van der Waals surface area contributed by atoms with Crippen LogP contribution in [0.5, 0.6) is 5.75 Å². The van der Waals surface area contributed by atoms with Crippen LogP contribution in [0.3, 0.4) is 0 Å². The number of morpholine rings is 1. The number of imidazole rings is 1. The molecule has 0 spiro atoms. The lowest BCUT2D eigenvalue weighted by Crippen LogP contribution is -2.36. The van der Waals surface area contributed by atoms with Crippen molar-refractivity contribution in [2.75, 3.05) is 40.0 Å². The van der Waals surface area contributed by atoms with E-state index in [9.17, 15) is 4.79 Å². The molecule has 0 atom stereocenters. The smallest absolute Gasteiger partial charge is 0.358 e. The van der Waals surface area contributed by atoms with Crippen LogP contribution in [-0.4, -0.2) is 75.4 Å². The summed E-state index contributed by atoms with van der Waals surface area (Å²) in [6.07, 6.45) is 2.12. The topological polar surface area (TPSA) is 96.5 Å². The highest BCUT2D eigenvalue weighted by molar-refractivity contribution is 5.89. The molecule has 0 radical (unpaired) electrons. The normalized spacial score (nSPS) is 15.5. The summed E-state index contributed by atoms with van der Waals surface area (Å²) in [5, 5.41) is 8.98. The molecule has 1 saturated heterocycles. The summed E-state index contributed by atoms with van der Waals surface area (Å²) in [5.41, 5.74) is 4.54. The number of methoxy groups -OCH3 is 1. The van der Waals surface area contributed by atoms with Crippen LogP contribution < -0.4 is 4.74 Å². The van der Waals surface area contributed by atoms with Crippen LogP contribution in [0.15, 0.2) is 24.5 Å². The Morgan fingerprint density at radius 2 is 2.03 bits per heavy atom. The molecule has 1 aromatic carbocycles. The van der Waals surface area contributed by atoms with Crippen molar-refractivity contribution < 1.29 is 19.0 Å². The van der Waals surface area contributed by atoms with Gasteiger partial charge >= 0.3 is 5.97 Å². The average Bonchev–Trinajstić information content (AvgIpc) is 3.36. The highest BCUT2D eigenvalue weighted by atomic mass is 16.5. The summed E-state index contributed by atoms with van der Waals surface area (Å²) in [6, 6.07) is 5.74. The van der Waals surface area contributed by atoms with Gasteiger partial charge in [0.25, 0.3) is 0 Å². The van der Waals surface area contributed by atoms with Crippen LogP contribution in [0, 0.1) is 0 Å². The molecule has 10 heteroatoms. The Balaban J connectivity index is 1.64. The molecular weight excluding hydrogens is 400 g/mol. The molecule has 1 fully saturated rings. The predicted octanol–water partition coefficient (Wildman–Crippen LogP) is 1.37.